The van der Waals surface area contributed by atoms with Crippen LogP contribution in [0.2, 0.25) is 24.2 Å². The highest BCUT2D eigenvalue weighted by Crippen LogP contribution is 2.52. The van der Waals surface area contributed by atoms with Gasteiger partial charge in [0.2, 0.25) is 0 Å². The van der Waals surface area contributed by atoms with Crippen LogP contribution in [0, 0.1) is 0 Å². The van der Waals surface area contributed by atoms with E-state index in [1.165, 1.54) is 128 Å². The van der Waals surface area contributed by atoms with Gasteiger partial charge in [-0.2, -0.15) is 0 Å². The molecule has 0 aromatic carbocycles. The van der Waals surface area contributed by atoms with Crippen LogP contribution in [0.5, 0.6) is 0 Å². The monoisotopic (exact) mass is 620 g/mol. The van der Waals surface area contributed by atoms with Gasteiger partial charge >= 0.3 is 8.32 Å². The van der Waals surface area contributed by atoms with Gasteiger partial charge in [-0.25, -0.2) is 0 Å². The third-order valence-electron chi connectivity index (χ3n) is 9.60. The van der Waals surface area contributed by atoms with Crippen LogP contribution in [0.15, 0.2) is 0 Å². The van der Waals surface area contributed by atoms with E-state index in [1.807, 2.05) is 7.11 Å². The van der Waals surface area contributed by atoms with E-state index >= 15 is 0 Å². The summed E-state index contributed by atoms with van der Waals surface area (Å²) in [5.41, 5.74) is 0. The summed E-state index contributed by atoms with van der Waals surface area (Å²) in [6, 6.07) is 4.38. The number of hydrogen-bond acceptors (Lipinski definition) is 6. The number of rotatable bonds is 26. The molecular formula is C31H68O6Si3. The van der Waals surface area contributed by atoms with E-state index in [2.05, 4.69) is 20.8 Å². The Morgan fingerprint density at radius 2 is 0.875 bits per heavy atom. The maximum atomic E-state index is 6.97. The molecule has 1 unspecified atom stereocenters. The molecule has 0 radical (unpaired) electrons. The standard InChI is InChI=1S/C31H68O6Si3/c1-9-12-15-18-21-24-27-38(28-25-22-19-16-13-10-2)30-31(32-4,33-5)37-40(35-7,36-8)39(38,34-6)29-26-23-20-17-14-11-3/h9-30H2,1-8H3. The molecule has 0 bridgehead atoms. The molecule has 1 aliphatic rings. The Hall–Kier alpha value is 0.411. The lowest BCUT2D eigenvalue weighted by Crippen LogP contribution is -2.87. The Morgan fingerprint density at radius 3 is 1.23 bits per heavy atom. The van der Waals surface area contributed by atoms with Crippen LogP contribution in [0.4, 0.5) is 0 Å². The number of unbranched alkanes of at least 4 members (excludes halogenated alkanes) is 15. The molecule has 0 aromatic heterocycles. The van der Waals surface area contributed by atoms with Crippen LogP contribution in [-0.4, -0.2) is 64.8 Å². The Morgan fingerprint density at radius 1 is 0.500 bits per heavy atom. The van der Waals surface area contributed by atoms with Gasteiger partial charge in [0.05, 0.1) is 7.59 Å². The van der Waals surface area contributed by atoms with E-state index in [0.29, 0.717) is 0 Å². The molecule has 9 heteroatoms. The quantitative estimate of drug-likeness (QED) is 0.0545. The Balaban J connectivity index is 3.46. The summed E-state index contributed by atoms with van der Waals surface area (Å²) in [6.45, 7) is 6.87. The molecule has 40 heavy (non-hydrogen) atoms. The second-order valence-electron chi connectivity index (χ2n) is 12.2. The highest BCUT2D eigenvalue weighted by Gasteiger charge is 2.79. The summed E-state index contributed by atoms with van der Waals surface area (Å²) >= 11 is 0. The zero-order valence-corrected chi connectivity index (χ0v) is 31.0. The Bertz CT molecular complexity index is 602. The molecule has 0 aromatic rings. The summed E-state index contributed by atoms with van der Waals surface area (Å²) in [5.74, 6) is -1.11. The van der Waals surface area contributed by atoms with E-state index in [4.69, 9.17) is 27.2 Å². The van der Waals surface area contributed by atoms with Gasteiger partial charge in [-0.05, 0) is 6.04 Å². The Labute approximate surface area is 252 Å². The van der Waals surface area contributed by atoms with Crippen LogP contribution < -0.4 is 0 Å². The molecule has 1 saturated heterocycles. The fraction of sp³-hybridized carbons (Fsp3) is 1.00. The molecule has 0 amide bonds. The molecule has 1 aliphatic heterocycles. The zero-order chi connectivity index (χ0) is 29.8. The van der Waals surface area contributed by atoms with E-state index < -0.39 is 29.2 Å². The third kappa shape index (κ3) is 10.3. The molecule has 0 saturated carbocycles. The van der Waals surface area contributed by atoms with Crippen molar-refractivity contribution < 1.29 is 27.2 Å². The average Bonchev–Trinajstić information content (AvgIpc) is 2.98. The van der Waals surface area contributed by atoms with Crippen molar-refractivity contribution in [2.24, 2.45) is 0 Å². The van der Waals surface area contributed by atoms with Crippen molar-refractivity contribution in [2.75, 3.05) is 35.5 Å². The van der Waals surface area contributed by atoms with Gasteiger partial charge in [0.25, 0.3) is 13.3 Å². The number of ether oxygens (including phenoxy) is 2. The van der Waals surface area contributed by atoms with Crippen molar-refractivity contribution in [1.82, 2.24) is 0 Å². The van der Waals surface area contributed by atoms with Crippen LogP contribution in [0.1, 0.15) is 136 Å². The first kappa shape index (κ1) is 38.4. The summed E-state index contributed by atoms with van der Waals surface area (Å²) in [5, 5.41) is 0. The van der Waals surface area contributed by atoms with Crippen molar-refractivity contribution in [2.45, 2.75) is 166 Å². The van der Waals surface area contributed by atoms with Crippen molar-refractivity contribution >= 4 is 23.3 Å². The molecule has 0 N–H and O–H groups in total. The minimum absolute atomic E-state index is 0.828. The highest BCUT2D eigenvalue weighted by molar-refractivity contribution is 7.64. The Kier molecular flexibility index (Phi) is 20.3. The average molecular weight is 621 g/mol. The largest absolute Gasteiger partial charge is 0.503 e. The molecular weight excluding hydrogens is 553 g/mol. The molecule has 1 rings (SSSR count). The molecule has 1 atom stereocenters. The van der Waals surface area contributed by atoms with Gasteiger partial charge in [0.1, 0.15) is 0 Å². The third-order valence-corrected chi connectivity index (χ3v) is 41.4. The molecule has 1 heterocycles. The maximum absolute atomic E-state index is 6.97. The van der Waals surface area contributed by atoms with Crippen molar-refractivity contribution in [3.05, 3.63) is 0 Å². The SMILES string of the molecule is CCCCCCCC[Si]1(CCCCCCCC)CC(OC)(OC)O[Si](OC)(OC)[Si]1(CCCCCCCC)OC. The van der Waals surface area contributed by atoms with E-state index in [-0.39, 0.29) is 0 Å². The summed E-state index contributed by atoms with van der Waals surface area (Å²) in [4.78, 5) is 0. The fourth-order valence-electron chi connectivity index (χ4n) is 7.22. The number of hydrogen-bond donors (Lipinski definition) is 0. The molecule has 0 aliphatic carbocycles. The topological polar surface area (TPSA) is 55.4 Å². The van der Waals surface area contributed by atoms with Crippen molar-refractivity contribution in [3.8, 4) is 0 Å². The van der Waals surface area contributed by atoms with Gasteiger partial charge in [-0.15, -0.1) is 0 Å². The van der Waals surface area contributed by atoms with Crippen LogP contribution in [0.25, 0.3) is 0 Å². The molecule has 0 spiro atoms. The first-order valence-electron chi connectivity index (χ1n) is 16.9. The maximum Gasteiger partial charge on any atom is 0.503 e. The second kappa shape index (κ2) is 21.2. The highest BCUT2D eigenvalue weighted by atomic mass is 29.7. The van der Waals surface area contributed by atoms with E-state index in [0.717, 1.165) is 12.1 Å². The fourth-order valence-corrected chi connectivity index (χ4v) is 43.7. The molecule has 1 fully saturated rings. The number of methoxy groups -OCH3 is 2. The lowest BCUT2D eigenvalue weighted by atomic mass is 10.1. The first-order valence-corrected chi connectivity index (χ1v) is 25.3. The summed E-state index contributed by atoms with van der Waals surface area (Å²) < 4.78 is 39.0. The lowest BCUT2D eigenvalue weighted by molar-refractivity contribution is -0.326. The predicted octanol–water partition coefficient (Wildman–Crippen LogP) is 9.47. The first-order chi connectivity index (χ1) is 19.4. The van der Waals surface area contributed by atoms with Crippen LogP contribution >= 0.6 is 0 Å². The van der Waals surface area contributed by atoms with Gasteiger partial charge < -0.3 is 27.2 Å². The van der Waals surface area contributed by atoms with Crippen molar-refractivity contribution in [3.63, 3.8) is 0 Å². The van der Waals surface area contributed by atoms with Crippen molar-refractivity contribution in [1.29, 1.82) is 0 Å². The summed E-state index contributed by atoms with van der Waals surface area (Å²) in [7, 11) is 0.959. The van der Waals surface area contributed by atoms with Gasteiger partial charge in [-0.3, -0.25) is 0 Å². The predicted molar refractivity (Wildman–Crippen MR) is 175 cm³/mol. The van der Waals surface area contributed by atoms with E-state index in [1.54, 1.807) is 28.4 Å². The van der Waals surface area contributed by atoms with Gasteiger partial charge in [-0.1, -0.05) is 148 Å². The second-order valence-corrected chi connectivity index (χ2v) is 32.2. The smallest absolute Gasteiger partial charge is 0.417 e. The minimum Gasteiger partial charge on any atom is -0.417 e. The normalized spacial score (nSPS) is 21.6. The van der Waals surface area contributed by atoms with Crippen LogP contribution in [0.3, 0.4) is 0 Å². The van der Waals surface area contributed by atoms with Gasteiger partial charge in [0.15, 0.2) is 0 Å². The van der Waals surface area contributed by atoms with E-state index in [9.17, 15) is 0 Å². The zero-order valence-electron chi connectivity index (χ0n) is 28.0. The van der Waals surface area contributed by atoms with Gasteiger partial charge in [0, 0.05) is 41.6 Å². The summed E-state index contributed by atoms with van der Waals surface area (Å²) in [6.07, 6.45) is 23.3. The van der Waals surface area contributed by atoms with Crippen LogP contribution in [-0.2, 0) is 27.2 Å². The molecule has 6 nitrogen and oxygen atoms in total. The molecule has 240 valence electrons. The minimum atomic E-state index is -3.23. The lowest BCUT2D eigenvalue weighted by Gasteiger charge is -2.59.